The van der Waals surface area contributed by atoms with Crippen LogP contribution in [0.5, 0.6) is 0 Å². The number of carbonyl (C=O) groups is 1. The Labute approximate surface area is 119 Å². The number of carbonyl (C=O) groups excluding carboxylic acids is 1. The van der Waals surface area contributed by atoms with Crippen molar-refractivity contribution >= 4 is 11.7 Å². The molecular formula is C14H13N3O4. The smallest absolute Gasteiger partial charge is 0.321 e. The van der Waals surface area contributed by atoms with Crippen molar-refractivity contribution in [2.45, 2.75) is 18.6 Å². The molecule has 0 saturated carbocycles. The molecule has 3 N–H and O–H groups in total. The Morgan fingerprint density at radius 3 is 2.81 bits per heavy atom. The van der Waals surface area contributed by atoms with Gasteiger partial charge in [0, 0.05) is 12.5 Å². The van der Waals surface area contributed by atoms with Gasteiger partial charge in [0.1, 0.15) is 0 Å². The van der Waals surface area contributed by atoms with Crippen molar-refractivity contribution in [3.8, 4) is 0 Å². The van der Waals surface area contributed by atoms with Gasteiger partial charge in [-0.2, -0.15) is 0 Å². The lowest BCUT2D eigenvalue weighted by Crippen LogP contribution is -2.34. The van der Waals surface area contributed by atoms with E-state index in [1.807, 2.05) is 24.3 Å². The molecule has 0 aliphatic heterocycles. The molecule has 1 aliphatic carbocycles. The van der Waals surface area contributed by atoms with E-state index >= 15 is 0 Å². The molecule has 0 fully saturated rings. The van der Waals surface area contributed by atoms with Crippen molar-refractivity contribution in [3.63, 3.8) is 0 Å². The molecule has 7 heteroatoms. The average Bonchev–Trinajstić information content (AvgIpc) is 3.05. The lowest BCUT2D eigenvalue weighted by atomic mass is 10.1. The van der Waals surface area contributed by atoms with Gasteiger partial charge in [-0.25, -0.2) is 4.98 Å². The first-order valence-electron chi connectivity index (χ1n) is 6.46. The van der Waals surface area contributed by atoms with Crippen LogP contribution >= 0.6 is 0 Å². The molecule has 0 radical (unpaired) electrons. The minimum atomic E-state index is -0.698. The maximum Gasteiger partial charge on any atom is 0.321 e. The summed E-state index contributed by atoms with van der Waals surface area (Å²) >= 11 is 0. The topological polar surface area (TPSA) is 108 Å². The summed E-state index contributed by atoms with van der Waals surface area (Å²) in [5.41, 5.74) is 1.96. The van der Waals surface area contributed by atoms with E-state index in [-0.39, 0.29) is 11.5 Å². The number of amides is 1. The van der Waals surface area contributed by atoms with Crippen molar-refractivity contribution in [2.24, 2.45) is 0 Å². The Kier molecular flexibility index (Phi) is 3.19. The molecule has 21 heavy (non-hydrogen) atoms. The Bertz CT molecular complexity index is 710. The molecule has 0 bridgehead atoms. The number of aliphatic hydroxyl groups excluding tert-OH is 1. The fourth-order valence-corrected chi connectivity index (χ4v) is 2.59. The highest BCUT2D eigenvalue weighted by Crippen LogP contribution is 2.31. The van der Waals surface area contributed by atoms with Gasteiger partial charge in [0.2, 0.25) is 0 Å². The summed E-state index contributed by atoms with van der Waals surface area (Å²) in [5, 5.41) is 23.4. The van der Waals surface area contributed by atoms with Crippen LogP contribution in [0.25, 0.3) is 0 Å². The molecule has 108 valence electrons. The summed E-state index contributed by atoms with van der Waals surface area (Å²) in [6.07, 6.45) is -0.220. The van der Waals surface area contributed by atoms with E-state index in [2.05, 4.69) is 10.3 Å². The Morgan fingerprint density at radius 1 is 1.33 bits per heavy atom. The fourth-order valence-electron chi connectivity index (χ4n) is 2.59. The van der Waals surface area contributed by atoms with Gasteiger partial charge in [-0.15, -0.1) is 0 Å². The number of aromatic nitrogens is 1. The highest BCUT2D eigenvalue weighted by molar-refractivity contribution is 5.93. The third-order valence-corrected chi connectivity index (χ3v) is 3.60. The largest absolute Gasteiger partial charge is 0.390 e. The second-order valence-corrected chi connectivity index (χ2v) is 4.94. The molecule has 0 saturated heterocycles. The number of aromatic amines is 1. The SMILES string of the molecule is O=C(NC1c2ccccc2CC1O)c1ccc([N+](=O)[O-])[nH]1. The standard InChI is InChI=1S/C14H13N3O4/c18-11-7-8-3-1-2-4-9(8)13(11)16-14(19)10-5-6-12(15-10)17(20)21/h1-6,11,13,15,18H,7H2,(H,16,19). The number of aliphatic hydroxyl groups is 1. The fraction of sp³-hybridized carbons (Fsp3) is 0.214. The minimum Gasteiger partial charge on any atom is -0.390 e. The predicted molar refractivity (Wildman–Crippen MR) is 73.8 cm³/mol. The molecule has 0 spiro atoms. The first kappa shape index (κ1) is 13.3. The first-order chi connectivity index (χ1) is 10.1. The normalized spacial score (nSPS) is 20.0. The summed E-state index contributed by atoms with van der Waals surface area (Å²) in [6, 6.07) is 9.56. The van der Waals surface area contributed by atoms with Crippen molar-refractivity contribution in [3.05, 3.63) is 63.3 Å². The van der Waals surface area contributed by atoms with Crippen LogP contribution < -0.4 is 5.32 Å². The molecule has 2 unspecified atom stereocenters. The molecule has 1 aromatic carbocycles. The van der Waals surface area contributed by atoms with Gasteiger partial charge in [-0.1, -0.05) is 24.3 Å². The Morgan fingerprint density at radius 2 is 2.10 bits per heavy atom. The zero-order valence-electron chi connectivity index (χ0n) is 10.9. The van der Waals surface area contributed by atoms with Crippen LogP contribution in [-0.4, -0.2) is 27.0 Å². The van der Waals surface area contributed by atoms with Crippen LogP contribution in [0, 0.1) is 10.1 Å². The summed E-state index contributed by atoms with van der Waals surface area (Å²) in [6.45, 7) is 0. The molecule has 1 heterocycles. The first-order valence-corrected chi connectivity index (χ1v) is 6.46. The van der Waals surface area contributed by atoms with Crippen LogP contribution in [0.1, 0.15) is 27.7 Å². The monoisotopic (exact) mass is 287 g/mol. The molecule has 7 nitrogen and oxygen atoms in total. The highest BCUT2D eigenvalue weighted by atomic mass is 16.6. The van der Waals surface area contributed by atoms with Gasteiger partial charge in [-0.05, 0) is 22.1 Å². The third-order valence-electron chi connectivity index (χ3n) is 3.60. The average molecular weight is 287 g/mol. The van der Waals surface area contributed by atoms with Crippen LogP contribution in [0.2, 0.25) is 0 Å². The Hall–Kier alpha value is -2.67. The minimum absolute atomic E-state index is 0.0956. The molecule has 1 aromatic heterocycles. The summed E-state index contributed by atoms with van der Waals surface area (Å²) in [7, 11) is 0. The van der Waals surface area contributed by atoms with Gasteiger partial charge < -0.3 is 20.5 Å². The maximum absolute atomic E-state index is 12.1. The number of H-pyrrole nitrogens is 1. The number of benzene rings is 1. The van der Waals surface area contributed by atoms with Crippen molar-refractivity contribution in [1.82, 2.24) is 10.3 Å². The molecular weight excluding hydrogens is 274 g/mol. The molecule has 3 rings (SSSR count). The molecule has 1 aliphatic rings. The van der Waals surface area contributed by atoms with Gasteiger partial charge >= 0.3 is 5.82 Å². The second-order valence-electron chi connectivity index (χ2n) is 4.94. The van der Waals surface area contributed by atoms with Crippen LogP contribution in [0.4, 0.5) is 5.82 Å². The lowest BCUT2D eigenvalue weighted by molar-refractivity contribution is -0.389. The number of rotatable bonds is 3. The van der Waals surface area contributed by atoms with E-state index in [9.17, 15) is 20.0 Å². The van der Waals surface area contributed by atoms with E-state index in [1.165, 1.54) is 12.1 Å². The van der Waals surface area contributed by atoms with Crippen molar-refractivity contribution in [1.29, 1.82) is 0 Å². The number of nitrogens with zero attached hydrogens (tertiary/aromatic N) is 1. The Balaban J connectivity index is 1.80. The van der Waals surface area contributed by atoms with Gasteiger partial charge in [0.15, 0.2) is 5.69 Å². The highest BCUT2D eigenvalue weighted by Gasteiger charge is 2.32. The number of fused-ring (bicyclic) bond motifs is 1. The summed E-state index contributed by atoms with van der Waals surface area (Å²) < 4.78 is 0. The second kappa shape index (κ2) is 5.02. The van der Waals surface area contributed by atoms with Gasteiger partial charge in [-0.3, -0.25) is 4.79 Å². The van der Waals surface area contributed by atoms with E-state index in [0.29, 0.717) is 6.42 Å². The molecule has 1 amide bonds. The summed E-state index contributed by atoms with van der Waals surface area (Å²) in [5.74, 6) is -0.726. The number of nitrogens with one attached hydrogen (secondary N) is 2. The van der Waals surface area contributed by atoms with E-state index in [0.717, 1.165) is 11.1 Å². The number of nitro groups is 1. The predicted octanol–water partition coefficient (Wildman–Crippen LogP) is 1.31. The maximum atomic E-state index is 12.1. The number of hydrogen-bond donors (Lipinski definition) is 3. The number of hydrogen-bond acceptors (Lipinski definition) is 4. The zero-order valence-corrected chi connectivity index (χ0v) is 10.9. The molecule has 2 aromatic rings. The van der Waals surface area contributed by atoms with E-state index in [4.69, 9.17) is 0 Å². The quantitative estimate of drug-likeness (QED) is 0.584. The van der Waals surface area contributed by atoms with Crippen LogP contribution in [0.3, 0.4) is 0 Å². The van der Waals surface area contributed by atoms with Crippen molar-refractivity contribution < 1.29 is 14.8 Å². The third kappa shape index (κ3) is 2.38. The van der Waals surface area contributed by atoms with Gasteiger partial charge in [0.05, 0.1) is 12.1 Å². The van der Waals surface area contributed by atoms with E-state index in [1.54, 1.807) is 0 Å². The van der Waals surface area contributed by atoms with Crippen LogP contribution in [-0.2, 0) is 6.42 Å². The zero-order chi connectivity index (χ0) is 15.0. The van der Waals surface area contributed by atoms with Crippen LogP contribution in [0.15, 0.2) is 36.4 Å². The van der Waals surface area contributed by atoms with Gasteiger partial charge in [0.25, 0.3) is 5.91 Å². The summed E-state index contributed by atoms with van der Waals surface area (Å²) in [4.78, 5) is 24.5. The lowest BCUT2D eigenvalue weighted by Gasteiger charge is -2.16. The van der Waals surface area contributed by atoms with Crippen molar-refractivity contribution in [2.75, 3.05) is 0 Å². The molecule has 2 atom stereocenters. The van der Waals surface area contributed by atoms with E-state index < -0.39 is 23.0 Å².